The lowest BCUT2D eigenvalue weighted by molar-refractivity contribution is -0.156. The van der Waals surface area contributed by atoms with Crippen LogP contribution in [0.1, 0.15) is 41.7 Å². The summed E-state index contributed by atoms with van der Waals surface area (Å²) in [6, 6.07) is 11.2. The molecule has 1 unspecified atom stereocenters. The Morgan fingerprint density at radius 3 is 2.67 bits per heavy atom. The van der Waals surface area contributed by atoms with Crippen LogP contribution < -0.4 is 10.1 Å². The molecule has 2 aliphatic rings. The fraction of sp³-hybridized carbons (Fsp3) is 0.391. The third kappa shape index (κ3) is 3.33. The molecule has 0 bridgehead atoms. The van der Waals surface area contributed by atoms with Gasteiger partial charge in [0.1, 0.15) is 11.6 Å². The summed E-state index contributed by atoms with van der Waals surface area (Å²) in [5.74, 6) is -0.469. The fourth-order valence-corrected chi connectivity index (χ4v) is 5.12. The molecule has 1 atom stereocenters. The van der Waals surface area contributed by atoms with Gasteiger partial charge in [0.25, 0.3) is 5.91 Å². The highest BCUT2D eigenvalue weighted by Gasteiger charge is 2.63. The van der Waals surface area contributed by atoms with Crippen molar-refractivity contribution < 1.29 is 18.7 Å². The van der Waals surface area contributed by atoms with Crippen LogP contribution in [0.2, 0.25) is 5.02 Å². The highest BCUT2D eigenvalue weighted by Crippen LogP contribution is 2.63. The number of nitrogens with zero attached hydrogens (tertiary/aromatic N) is 1. The lowest BCUT2D eigenvalue weighted by Crippen LogP contribution is -2.66. The van der Waals surface area contributed by atoms with E-state index in [1.807, 2.05) is 24.3 Å². The summed E-state index contributed by atoms with van der Waals surface area (Å²) >= 11 is 6.49. The van der Waals surface area contributed by atoms with E-state index in [1.165, 1.54) is 18.2 Å². The van der Waals surface area contributed by atoms with E-state index in [0.29, 0.717) is 36.6 Å². The molecule has 2 fully saturated rings. The van der Waals surface area contributed by atoms with Crippen LogP contribution in [0.4, 0.5) is 4.39 Å². The minimum atomic E-state index is -0.454. The van der Waals surface area contributed by atoms with Crippen molar-refractivity contribution >= 4 is 23.4 Å². The molecule has 30 heavy (non-hydrogen) atoms. The highest BCUT2D eigenvalue weighted by atomic mass is 35.5. The second-order valence-electron chi connectivity index (χ2n) is 8.01. The summed E-state index contributed by atoms with van der Waals surface area (Å²) in [5, 5.41) is 3.30. The Balaban J connectivity index is 1.66. The van der Waals surface area contributed by atoms with Crippen molar-refractivity contribution in [2.75, 3.05) is 20.2 Å². The monoisotopic (exact) mass is 430 g/mol. The normalized spacial score (nSPS) is 24.7. The third-order valence-electron chi connectivity index (χ3n) is 6.23. The van der Waals surface area contributed by atoms with Crippen LogP contribution in [0.25, 0.3) is 0 Å². The average molecular weight is 431 g/mol. The number of carbonyl (C=O) groups is 2. The molecule has 1 aliphatic carbocycles. The van der Waals surface area contributed by atoms with Gasteiger partial charge in [-0.1, -0.05) is 29.8 Å². The number of rotatable bonds is 5. The zero-order valence-corrected chi connectivity index (χ0v) is 17.7. The van der Waals surface area contributed by atoms with E-state index in [1.54, 1.807) is 18.9 Å². The van der Waals surface area contributed by atoms with E-state index >= 15 is 0 Å². The van der Waals surface area contributed by atoms with E-state index < -0.39 is 5.82 Å². The molecule has 2 amide bonds. The molecule has 4 rings (SSSR count). The van der Waals surface area contributed by atoms with Gasteiger partial charge in [0.2, 0.25) is 5.91 Å². The Morgan fingerprint density at radius 1 is 1.27 bits per heavy atom. The molecule has 2 aromatic rings. The van der Waals surface area contributed by atoms with Crippen molar-refractivity contribution in [2.45, 2.75) is 25.8 Å². The molecule has 1 N–H and O–H groups in total. The maximum Gasteiger partial charge on any atom is 0.258 e. The van der Waals surface area contributed by atoms with Gasteiger partial charge in [0.05, 0.1) is 18.2 Å². The van der Waals surface area contributed by atoms with E-state index in [9.17, 15) is 14.0 Å². The van der Waals surface area contributed by atoms with Crippen molar-refractivity contribution in [3.63, 3.8) is 0 Å². The van der Waals surface area contributed by atoms with Crippen LogP contribution >= 0.6 is 11.6 Å². The molecular formula is C23H24ClFN2O3. The fourth-order valence-electron chi connectivity index (χ4n) is 4.88. The summed E-state index contributed by atoms with van der Waals surface area (Å²) < 4.78 is 19.2. The predicted octanol–water partition coefficient (Wildman–Crippen LogP) is 4.22. The first kappa shape index (κ1) is 20.7. The molecular weight excluding hydrogens is 407 g/mol. The summed E-state index contributed by atoms with van der Waals surface area (Å²) in [7, 11) is 1.64. The summed E-state index contributed by atoms with van der Waals surface area (Å²) in [6.07, 6.45) is 1.40. The number of halogens is 2. The Labute approximate surface area is 180 Å². The first-order valence-corrected chi connectivity index (χ1v) is 10.5. The lowest BCUT2D eigenvalue weighted by atomic mass is 9.51. The van der Waals surface area contributed by atoms with E-state index in [0.717, 1.165) is 5.56 Å². The SMILES string of the molecule is CCOc1cc(F)ccc1C(=O)N1CC2(CC(C(=O)NC)C2)C1c1ccccc1Cl. The number of carbonyl (C=O) groups excluding carboxylic acids is 2. The van der Waals surface area contributed by atoms with Gasteiger partial charge in [-0.3, -0.25) is 9.59 Å². The largest absolute Gasteiger partial charge is 0.493 e. The van der Waals surface area contributed by atoms with E-state index in [4.69, 9.17) is 16.3 Å². The molecule has 0 aromatic heterocycles. The second-order valence-corrected chi connectivity index (χ2v) is 8.42. The van der Waals surface area contributed by atoms with Crippen molar-refractivity contribution in [3.05, 3.63) is 64.4 Å². The molecule has 1 aliphatic heterocycles. The third-order valence-corrected chi connectivity index (χ3v) is 6.58. The molecule has 0 radical (unpaired) electrons. The topological polar surface area (TPSA) is 58.6 Å². The molecule has 1 heterocycles. The first-order valence-electron chi connectivity index (χ1n) is 10.1. The Morgan fingerprint density at radius 2 is 2.00 bits per heavy atom. The number of ether oxygens (including phenoxy) is 1. The Kier molecular flexibility index (Phi) is 5.45. The summed E-state index contributed by atoms with van der Waals surface area (Å²) in [6.45, 7) is 2.64. The molecule has 1 spiro atoms. The van der Waals surface area contributed by atoms with Gasteiger partial charge in [-0.2, -0.15) is 0 Å². The summed E-state index contributed by atoms with van der Waals surface area (Å²) in [4.78, 5) is 27.2. The number of likely N-dealkylation sites (tertiary alicyclic amines) is 1. The van der Waals surface area contributed by atoms with E-state index in [2.05, 4.69) is 5.32 Å². The van der Waals surface area contributed by atoms with Crippen molar-refractivity contribution in [1.82, 2.24) is 10.2 Å². The average Bonchev–Trinajstić information content (AvgIpc) is 2.68. The van der Waals surface area contributed by atoms with E-state index in [-0.39, 0.29) is 34.9 Å². The number of hydrogen-bond donors (Lipinski definition) is 1. The first-order chi connectivity index (χ1) is 14.4. The Hall–Kier alpha value is -2.60. The second kappa shape index (κ2) is 7.91. The highest BCUT2D eigenvalue weighted by molar-refractivity contribution is 6.31. The van der Waals surface area contributed by atoms with Crippen LogP contribution in [-0.2, 0) is 4.79 Å². The minimum Gasteiger partial charge on any atom is -0.493 e. The van der Waals surface area contributed by atoms with Gasteiger partial charge in [-0.15, -0.1) is 0 Å². The quantitative estimate of drug-likeness (QED) is 0.772. The zero-order valence-electron chi connectivity index (χ0n) is 17.0. The molecule has 2 aromatic carbocycles. The van der Waals surface area contributed by atoms with Gasteiger partial charge < -0.3 is 15.0 Å². The molecule has 1 saturated carbocycles. The van der Waals surface area contributed by atoms with Crippen LogP contribution in [-0.4, -0.2) is 36.9 Å². The van der Waals surface area contributed by atoms with Crippen LogP contribution in [0, 0.1) is 17.2 Å². The zero-order chi connectivity index (χ0) is 21.5. The van der Waals surface area contributed by atoms with Gasteiger partial charge in [0, 0.05) is 36.0 Å². The van der Waals surface area contributed by atoms with Crippen LogP contribution in [0.3, 0.4) is 0 Å². The lowest BCUT2D eigenvalue weighted by Gasteiger charge is -2.64. The number of benzene rings is 2. The van der Waals surface area contributed by atoms with Crippen LogP contribution in [0.5, 0.6) is 5.75 Å². The van der Waals surface area contributed by atoms with Crippen molar-refractivity contribution in [2.24, 2.45) is 11.3 Å². The van der Waals surface area contributed by atoms with Crippen molar-refractivity contribution in [3.8, 4) is 5.75 Å². The minimum absolute atomic E-state index is 0.0282. The van der Waals surface area contributed by atoms with Gasteiger partial charge in [-0.25, -0.2) is 4.39 Å². The molecule has 5 nitrogen and oxygen atoms in total. The molecule has 158 valence electrons. The molecule has 7 heteroatoms. The van der Waals surface area contributed by atoms with Crippen LogP contribution in [0.15, 0.2) is 42.5 Å². The standard InChI is InChI=1S/C23H24ClFN2O3/c1-3-30-19-10-15(25)8-9-17(19)22(29)27-13-23(11-14(12-23)21(28)26-2)20(27)16-6-4-5-7-18(16)24/h4-10,14,20H,3,11-13H2,1-2H3,(H,26,28). The maximum absolute atomic E-state index is 13.7. The Bertz CT molecular complexity index is 990. The van der Waals surface area contributed by atoms with Gasteiger partial charge in [0.15, 0.2) is 0 Å². The number of amides is 2. The van der Waals surface area contributed by atoms with Crippen molar-refractivity contribution in [1.29, 1.82) is 0 Å². The number of nitrogens with one attached hydrogen (secondary N) is 1. The predicted molar refractivity (Wildman–Crippen MR) is 112 cm³/mol. The van der Waals surface area contributed by atoms with Gasteiger partial charge in [-0.05, 0) is 43.5 Å². The van der Waals surface area contributed by atoms with Gasteiger partial charge >= 0.3 is 0 Å². The smallest absolute Gasteiger partial charge is 0.258 e. The number of hydrogen-bond acceptors (Lipinski definition) is 3. The maximum atomic E-state index is 13.7. The molecule has 1 saturated heterocycles. The summed E-state index contributed by atoms with van der Waals surface area (Å²) in [5.41, 5.74) is 1.02.